The number of carbonyl (C=O) groups excluding carboxylic acids is 8. The molecule has 28 heteroatoms. The fraction of sp³-hybridized carbons (Fsp3) is 0.661. The van der Waals surface area contributed by atoms with Gasteiger partial charge in [0.15, 0.2) is 43.2 Å². The van der Waals surface area contributed by atoms with E-state index in [-0.39, 0.29) is 38.9 Å². The van der Waals surface area contributed by atoms with Gasteiger partial charge < -0.3 is 96.6 Å². The third-order valence-electron chi connectivity index (χ3n) is 14.4. The molecular formula is C59H82N2O26. The Kier molecular flexibility index (Phi) is 25.9. The predicted octanol–water partition coefficient (Wildman–Crippen LogP) is 1.72. The van der Waals surface area contributed by atoms with Crippen LogP contribution in [0.2, 0.25) is 0 Å². The van der Waals surface area contributed by atoms with Crippen molar-refractivity contribution in [1.82, 2.24) is 10.6 Å². The minimum Gasteiger partial charge on any atom is -0.463 e. The normalized spacial score (nSPS) is 33.5. The summed E-state index contributed by atoms with van der Waals surface area (Å²) in [5, 5.41) is 26.7. The van der Waals surface area contributed by atoms with Crippen LogP contribution in [-0.4, -0.2) is 201 Å². The maximum Gasteiger partial charge on any atom is 0.303 e. The van der Waals surface area contributed by atoms with Gasteiger partial charge in [-0.05, 0) is 25.0 Å². The second-order valence-corrected chi connectivity index (χ2v) is 22.0. The molecule has 8 unspecified atom stereocenters. The Labute approximate surface area is 503 Å². The molecule has 0 bridgehead atoms. The van der Waals surface area contributed by atoms with Gasteiger partial charge in [0.05, 0.1) is 26.4 Å². The van der Waals surface area contributed by atoms with Crippen molar-refractivity contribution in [3.8, 4) is 0 Å². The lowest BCUT2D eigenvalue weighted by Gasteiger charge is -2.52. The fourth-order valence-corrected chi connectivity index (χ4v) is 10.6. The number of fused-ring (bicyclic) bond motifs is 1. The minimum absolute atomic E-state index is 0.0735. The zero-order valence-corrected chi connectivity index (χ0v) is 50.8. The zero-order chi connectivity index (χ0) is 63.9. The van der Waals surface area contributed by atoms with Gasteiger partial charge in [-0.25, -0.2) is 0 Å². The highest BCUT2D eigenvalue weighted by Gasteiger charge is 2.58. The highest BCUT2D eigenvalue weighted by atomic mass is 16.8. The van der Waals surface area contributed by atoms with Gasteiger partial charge in [-0.3, -0.25) is 38.4 Å². The standard InChI is InChI=1S/C31H43NO13.C28H39NO13/c1-16-25(40-19(4)35)22(14-37-18(3)34)43-30(26(16)41-20(5)36)44-28-24(32-17(2)33)29(38-13-21-11-9-8-10-12-21)42-23-15-39-31(6,7)45-27(23)28;1-14-24(38-17(4)33)21(13-36-16(3)32)41-28(25(14)39-18(5)34)42-26-22(29-15(2)31)27(40-20(11-30)23(26)35)37-12-19-9-7-6-8-10-19/h8-12,16,22-30H,13-15H2,1-7H3,(H,32,33);6-10,14,20-28,30,35H,11-13H2,1-5H3,(H,29,31)/t16-,22?,23?,24?,25+,26?,27+,28+,29+,30-;14-,20?,21?,22?,23+,24+,25?,26+,27+,28-/m00/s1. The van der Waals surface area contributed by atoms with E-state index in [4.69, 9.17) is 75.8 Å². The second-order valence-electron chi connectivity index (χ2n) is 22.0. The molecule has 0 aromatic heterocycles. The molecule has 0 spiro atoms. The number of rotatable bonds is 21. The monoisotopic (exact) mass is 1230 g/mol. The van der Waals surface area contributed by atoms with Gasteiger partial charge in [0, 0.05) is 67.2 Å². The third-order valence-corrected chi connectivity index (χ3v) is 14.4. The van der Waals surface area contributed by atoms with E-state index in [2.05, 4.69) is 10.6 Å². The van der Waals surface area contributed by atoms with Crippen LogP contribution in [0.3, 0.4) is 0 Å². The number of nitrogens with one attached hydrogen (secondary N) is 2. The summed E-state index contributed by atoms with van der Waals surface area (Å²) < 4.78 is 94.1. The molecule has 0 aliphatic carbocycles. The maximum atomic E-state index is 12.5. The summed E-state index contributed by atoms with van der Waals surface area (Å²) in [4.78, 5) is 96.2. The number of hydrogen-bond donors (Lipinski definition) is 4. The molecule has 20 atom stereocenters. The van der Waals surface area contributed by atoms with Gasteiger partial charge >= 0.3 is 35.8 Å². The molecule has 5 fully saturated rings. The highest BCUT2D eigenvalue weighted by molar-refractivity contribution is 5.74. The molecule has 5 heterocycles. The molecule has 2 aromatic carbocycles. The largest absolute Gasteiger partial charge is 0.463 e. The molecule has 5 aliphatic rings. The van der Waals surface area contributed by atoms with Crippen molar-refractivity contribution >= 4 is 47.6 Å². The van der Waals surface area contributed by atoms with Crippen LogP contribution in [0.1, 0.15) is 94.2 Å². The van der Waals surface area contributed by atoms with Crippen LogP contribution in [-0.2, 0) is 127 Å². The molecule has 5 aliphatic heterocycles. The molecule has 28 nitrogen and oxygen atoms in total. The number of aliphatic hydroxyl groups excluding tert-OH is 2. The zero-order valence-electron chi connectivity index (χ0n) is 50.8. The second kappa shape index (κ2) is 32.3. The molecule has 0 radical (unpaired) electrons. The number of carbonyl (C=O) groups is 8. The number of amides is 2. The van der Waals surface area contributed by atoms with Crippen LogP contribution < -0.4 is 10.6 Å². The number of esters is 6. The Morgan fingerprint density at radius 2 is 0.908 bits per heavy atom. The van der Waals surface area contributed by atoms with Crippen molar-refractivity contribution in [3.63, 3.8) is 0 Å². The Morgan fingerprint density at radius 3 is 1.31 bits per heavy atom. The molecule has 87 heavy (non-hydrogen) atoms. The number of benzene rings is 2. The van der Waals surface area contributed by atoms with E-state index >= 15 is 0 Å². The van der Waals surface area contributed by atoms with E-state index in [1.807, 2.05) is 60.7 Å². The summed E-state index contributed by atoms with van der Waals surface area (Å²) in [6.07, 6.45) is -17.5. The summed E-state index contributed by atoms with van der Waals surface area (Å²) in [5.74, 6) is -7.02. The van der Waals surface area contributed by atoms with Crippen molar-refractivity contribution in [1.29, 1.82) is 0 Å². The first-order chi connectivity index (χ1) is 41.1. The summed E-state index contributed by atoms with van der Waals surface area (Å²) in [6, 6.07) is 16.5. The SMILES string of the molecule is CC(=O)NC1[C@H](OCc2ccccc2)OC(CO)[C@@H](O)[C@@H]1O[C@@H]1OC(COC(C)=O)[C@H](OC(C)=O)[C@H](C)C1OC(C)=O.CC(=O)NC1[C@H](OCc2ccccc2)OC2COC(C)(C)O[C@H]2[C@@H]1O[C@@H]1OC(COC(C)=O)[C@H](OC(C)=O)[C@H](C)C1OC(C)=O. The lowest BCUT2D eigenvalue weighted by Crippen LogP contribution is -2.70. The van der Waals surface area contributed by atoms with Crippen LogP contribution in [0, 0.1) is 11.8 Å². The van der Waals surface area contributed by atoms with Gasteiger partial charge in [-0.2, -0.15) is 0 Å². The lowest BCUT2D eigenvalue weighted by atomic mass is 9.89. The first-order valence-electron chi connectivity index (χ1n) is 28.5. The van der Waals surface area contributed by atoms with Crippen LogP contribution in [0.25, 0.3) is 0 Å². The van der Waals surface area contributed by atoms with E-state index in [1.54, 1.807) is 27.7 Å². The highest BCUT2D eigenvalue weighted by Crippen LogP contribution is 2.40. The van der Waals surface area contributed by atoms with Crippen LogP contribution in [0.15, 0.2) is 60.7 Å². The van der Waals surface area contributed by atoms with Gasteiger partial charge in [-0.15, -0.1) is 0 Å². The van der Waals surface area contributed by atoms with Crippen molar-refractivity contribution in [2.24, 2.45) is 11.8 Å². The molecule has 4 N–H and O–H groups in total. The van der Waals surface area contributed by atoms with E-state index in [9.17, 15) is 48.6 Å². The topological polar surface area (TPSA) is 349 Å². The molecule has 2 aromatic rings. The molecule has 484 valence electrons. The van der Waals surface area contributed by atoms with Crippen molar-refractivity contribution in [2.45, 2.75) is 213 Å². The van der Waals surface area contributed by atoms with E-state index in [1.165, 1.54) is 55.4 Å². The Morgan fingerprint density at radius 1 is 0.517 bits per heavy atom. The van der Waals surface area contributed by atoms with Crippen molar-refractivity contribution in [2.75, 3.05) is 26.4 Å². The van der Waals surface area contributed by atoms with E-state index < -0.39 is 176 Å². The predicted molar refractivity (Wildman–Crippen MR) is 294 cm³/mol. The summed E-state index contributed by atoms with van der Waals surface area (Å²) in [7, 11) is 0. The van der Waals surface area contributed by atoms with Gasteiger partial charge in [-0.1, -0.05) is 74.5 Å². The Balaban J connectivity index is 0.000000279. The van der Waals surface area contributed by atoms with Gasteiger partial charge in [0.2, 0.25) is 11.8 Å². The van der Waals surface area contributed by atoms with E-state index in [0.717, 1.165) is 11.1 Å². The van der Waals surface area contributed by atoms with Crippen LogP contribution >= 0.6 is 0 Å². The lowest BCUT2D eigenvalue weighted by molar-refractivity contribution is -0.392. The van der Waals surface area contributed by atoms with Crippen molar-refractivity contribution in [3.05, 3.63) is 71.8 Å². The molecule has 2 amide bonds. The van der Waals surface area contributed by atoms with Gasteiger partial charge in [0.1, 0.15) is 86.3 Å². The molecule has 5 saturated heterocycles. The number of aliphatic hydroxyl groups is 2. The number of hydrogen-bond acceptors (Lipinski definition) is 26. The first kappa shape index (κ1) is 69.8. The smallest absolute Gasteiger partial charge is 0.303 e. The average molecular weight is 1240 g/mol. The summed E-state index contributed by atoms with van der Waals surface area (Å²) in [5.41, 5.74) is 1.68. The number of ether oxygens (including phenoxy) is 16. The summed E-state index contributed by atoms with van der Waals surface area (Å²) >= 11 is 0. The molecule has 7 rings (SSSR count). The third kappa shape index (κ3) is 20.1. The van der Waals surface area contributed by atoms with Crippen molar-refractivity contribution < 1.29 is 124 Å². The fourth-order valence-electron chi connectivity index (χ4n) is 10.6. The quantitative estimate of drug-likeness (QED) is 0.102. The molecule has 0 saturated carbocycles. The Hall–Kier alpha value is -6.28. The minimum atomic E-state index is -1.50. The van der Waals surface area contributed by atoms with Gasteiger partial charge in [0.25, 0.3) is 0 Å². The van der Waals surface area contributed by atoms with E-state index in [0.29, 0.717) is 0 Å². The average Bonchev–Trinajstić information content (AvgIpc) is 1.85. The van der Waals surface area contributed by atoms with Crippen LogP contribution in [0.5, 0.6) is 0 Å². The summed E-state index contributed by atoms with van der Waals surface area (Å²) in [6.45, 7) is 15.9. The van der Waals surface area contributed by atoms with Crippen LogP contribution in [0.4, 0.5) is 0 Å². The Bertz CT molecular complexity index is 2610. The first-order valence-corrected chi connectivity index (χ1v) is 28.5. The molecular weight excluding hydrogens is 1150 g/mol. The maximum absolute atomic E-state index is 12.5.